The van der Waals surface area contributed by atoms with E-state index in [1.807, 2.05) is 37.3 Å². The van der Waals surface area contributed by atoms with Crippen molar-refractivity contribution in [3.63, 3.8) is 0 Å². The molecular formula is C32H28N4O5S2. The van der Waals surface area contributed by atoms with E-state index in [0.29, 0.717) is 17.6 Å². The number of nitrogens with one attached hydrogen (secondary N) is 1. The highest BCUT2D eigenvalue weighted by atomic mass is 32.2. The first-order valence-corrected chi connectivity index (χ1v) is 16.9. The van der Waals surface area contributed by atoms with Crippen LogP contribution in [0.15, 0.2) is 106 Å². The van der Waals surface area contributed by atoms with E-state index in [1.54, 1.807) is 47.0 Å². The van der Waals surface area contributed by atoms with Crippen LogP contribution in [-0.2, 0) is 31.1 Å². The molecule has 1 saturated heterocycles. The van der Waals surface area contributed by atoms with E-state index in [2.05, 4.69) is 4.72 Å². The number of anilines is 1. The molecule has 0 amide bonds. The van der Waals surface area contributed by atoms with Crippen molar-refractivity contribution >= 4 is 58.6 Å². The summed E-state index contributed by atoms with van der Waals surface area (Å²) in [5.74, 6) is -0.116. The van der Waals surface area contributed by atoms with Crippen LogP contribution in [0.4, 0.5) is 5.82 Å². The number of rotatable bonds is 7. The van der Waals surface area contributed by atoms with Crippen LogP contribution in [0.25, 0.3) is 33.0 Å². The van der Waals surface area contributed by atoms with Gasteiger partial charge in [-0.05, 0) is 66.9 Å². The molecule has 0 bridgehead atoms. The van der Waals surface area contributed by atoms with E-state index in [1.165, 1.54) is 18.2 Å². The van der Waals surface area contributed by atoms with Gasteiger partial charge in [0, 0.05) is 6.61 Å². The maximum Gasteiger partial charge on any atom is 0.263 e. The topological polar surface area (TPSA) is 120 Å². The smallest absolute Gasteiger partial charge is 0.263 e. The van der Waals surface area contributed by atoms with Crippen molar-refractivity contribution in [2.24, 2.45) is 0 Å². The van der Waals surface area contributed by atoms with Crippen molar-refractivity contribution in [1.29, 1.82) is 0 Å². The Labute approximate surface area is 249 Å². The van der Waals surface area contributed by atoms with Gasteiger partial charge in [0.15, 0.2) is 5.65 Å². The van der Waals surface area contributed by atoms with Crippen LogP contribution in [0.3, 0.4) is 0 Å². The zero-order valence-corrected chi connectivity index (χ0v) is 24.9. The second-order valence-corrected chi connectivity index (χ2v) is 14.3. The van der Waals surface area contributed by atoms with Crippen molar-refractivity contribution in [2.45, 2.75) is 47.1 Å². The van der Waals surface area contributed by atoms with Crippen molar-refractivity contribution in [3.05, 3.63) is 96.6 Å². The molecule has 7 rings (SSSR count). The summed E-state index contributed by atoms with van der Waals surface area (Å²) in [7, 11) is -8.53. The summed E-state index contributed by atoms with van der Waals surface area (Å²) in [6, 6.07) is 25.9. The maximum atomic E-state index is 14.4. The van der Waals surface area contributed by atoms with E-state index in [4.69, 9.17) is 14.7 Å². The van der Waals surface area contributed by atoms with E-state index < -0.39 is 19.9 Å². The molecule has 0 aliphatic carbocycles. The van der Waals surface area contributed by atoms with Gasteiger partial charge in [-0.1, -0.05) is 60.2 Å². The number of fused-ring (bicyclic) bond motifs is 3. The molecule has 0 spiro atoms. The molecule has 11 heteroatoms. The number of ether oxygens (including phenoxy) is 1. The normalized spacial score (nSPS) is 15.9. The molecule has 3 heterocycles. The number of sulfonamides is 1. The van der Waals surface area contributed by atoms with Gasteiger partial charge < -0.3 is 9.30 Å². The summed E-state index contributed by atoms with van der Waals surface area (Å²) in [6.07, 6.45) is 1.35. The Kier molecular flexibility index (Phi) is 6.68. The lowest BCUT2D eigenvalue weighted by Gasteiger charge is -2.17. The molecule has 1 aliphatic rings. The van der Waals surface area contributed by atoms with Gasteiger partial charge in [-0.25, -0.2) is 26.8 Å². The van der Waals surface area contributed by atoms with Gasteiger partial charge in [0.2, 0.25) is 9.84 Å². The molecular weight excluding hydrogens is 585 g/mol. The van der Waals surface area contributed by atoms with Crippen LogP contribution in [0, 0.1) is 6.92 Å². The summed E-state index contributed by atoms with van der Waals surface area (Å²) in [5, 5.41) is 1.63. The summed E-state index contributed by atoms with van der Waals surface area (Å²) in [4.78, 5) is 9.34. The predicted molar refractivity (Wildman–Crippen MR) is 165 cm³/mol. The minimum atomic E-state index is -4.27. The zero-order valence-electron chi connectivity index (χ0n) is 23.3. The van der Waals surface area contributed by atoms with Gasteiger partial charge in [0.05, 0.1) is 33.5 Å². The average Bonchev–Trinajstić information content (AvgIpc) is 3.62. The highest BCUT2D eigenvalue weighted by molar-refractivity contribution is 7.93. The Morgan fingerprint density at radius 2 is 1.51 bits per heavy atom. The third-order valence-electron chi connectivity index (χ3n) is 7.78. The molecule has 2 aromatic heterocycles. The summed E-state index contributed by atoms with van der Waals surface area (Å²) in [5.41, 5.74) is 2.30. The largest absolute Gasteiger partial charge is 0.376 e. The van der Waals surface area contributed by atoms with Gasteiger partial charge in [-0.15, -0.1) is 0 Å². The van der Waals surface area contributed by atoms with Gasteiger partial charge in [-0.2, -0.15) is 0 Å². The molecule has 1 atom stereocenters. The molecule has 0 saturated carbocycles. The van der Waals surface area contributed by atoms with Gasteiger partial charge in [0.25, 0.3) is 10.0 Å². The Morgan fingerprint density at radius 3 is 2.23 bits per heavy atom. The number of benzene rings is 4. The third kappa shape index (κ3) is 4.93. The molecule has 218 valence electrons. The lowest BCUT2D eigenvalue weighted by atomic mass is 10.1. The number of aryl methyl sites for hydroxylation is 1. The molecule has 6 aromatic rings. The summed E-state index contributed by atoms with van der Waals surface area (Å²) < 4.78 is 67.0. The lowest BCUT2D eigenvalue weighted by molar-refractivity contribution is 0.0983. The number of aromatic nitrogens is 3. The Hall–Kier alpha value is -4.32. The number of para-hydroxylation sites is 2. The summed E-state index contributed by atoms with van der Waals surface area (Å²) in [6.45, 7) is 2.64. The number of hydrogen-bond donors (Lipinski definition) is 1. The molecule has 0 radical (unpaired) electrons. The van der Waals surface area contributed by atoms with E-state index in [0.717, 1.165) is 29.2 Å². The maximum absolute atomic E-state index is 14.4. The van der Waals surface area contributed by atoms with Gasteiger partial charge in [-0.3, -0.25) is 4.72 Å². The minimum absolute atomic E-state index is 0.00452. The standard InChI is InChI=1S/C32H28N4O5S2/c1-21-12-15-25(16-13-21)42(37,38)30-29-31(34-28-11-5-4-10-27(28)33-29)36(20-24-9-6-18-41-24)32(30)35-43(39,40)26-17-14-22-7-2-3-8-23(22)19-26/h2-5,7-8,10-17,19,24,35H,6,9,18,20H2,1H3/t24-/m0/s1. The Bertz CT molecular complexity index is 2240. The first kappa shape index (κ1) is 27.5. The second-order valence-electron chi connectivity index (χ2n) is 10.7. The first-order valence-electron chi connectivity index (χ1n) is 13.9. The lowest BCUT2D eigenvalue weighted by Crippen LogP contribution is -2.21. The van der Waals surface area contributed by atoms with Crippen molar-refractivity contribution in [3.8, 4) is 0 Å². The van der Waals surface area contributed by atoms with Crippen LogP contribution in [-0.4, -0.2) is 44.1 Å². The Balaban J connectivity index is 1.50. The number of sulfone groups is 1. The SMILES string of the molecule is Cc1ccc(S(=O)(=O)c2c(NS(=O)(=O)c3ccc4ccccc4c3)n(C[C@@H]3CCCO3)c3nc4ccccc4nc23)cc1. The van der Waals surface area contributed by atoms with Crippen molar-refractivity contribution in [1.82, 2.24) is 14.5 Å². The van der Waals surface area contributed by atoms with Crippen LogP contribution in [0.5, 0.6) is 0 Å². The third-order valence-corrected chi connectivity index (χ3v) is 10.9. The van der Waals surface area contributed by atoms with Crippen LogP contribution in [0.1, 0.15) is 18.4 Å². The van der Waals surface area contributed by atoms with E-state index in [9.17, 15) is 16.8 Å². The molecule has 9 nitrogen and oxygen atoms in total. The Morgan fingerprint density at radius 1 is 0.837 bits per heavy atom. The quantitative estimate of drug-likeness (QED) is 0.240. The molecule has 1 aliphatic heterocycles. The van der Waals surface area contributed by atoms with Crippen LogP contribution < -0.4 is 4.72 Å². The fourth-order valence-corrected chi connectivity index (χ4v) is 8.27. The molecule has 0 unspecified atom stereocenters. The highest BCUT2D eigenvalue weighted by Crippen LogP contribution is 2.39. The molecule has 4 aromatic carbocycles. The fourth-order valence-electron chi connectivity index (χ4n) is 5.55. The first-order chi connectivity index (χ1) is 20.7. The predicted octanol–water partition coefficient (Wildman–Crippen LogP) is 5.86. The van der Waals surface area contributed by atoms with E-state index in [-0.39, 0.29) is 44.3 Å². The second kappa shape index (κ2) is 10.4. The fraction of sp³-hybridized carbons (Fsp3) is 0.188. The van der Waals surface area contributed by atoms with Gasteiger partial charge in [0.1, 0.15) is 16.2 Å². The number of nitrogens with zero attached hydrogens (tertiary/aromatic N) is 3. The molecule has 1 fully saturated rings. The minimum Gasteiger partial charge on any atom is -0.376 e. The zero-order chi connectivity index (χ0) is 29.8. The van der Waals surface area contributed by atoms with Crippen LogP contribution in [0.2, 0.25) is 0 Å². The van der Waals surface area contributed by atoms with Gasteiger partial charge >= 0.3 is 0 Å². The van der Waals surface area contributed by atoms with Crippen molar-refractivity contribution < 1.29 is 21.6 Å². The monoisotopic (exact) mass is 612 g/mol. The van der Waals surface area contributed by atoms with Crippen LogP contribution >= 0.6 is 0 Å². The molecule has 1 N–H and O–H groups in total. The average molecular weight is 613 g/mol. The van der Waals surface area contributed by atoms with Crippen molar-refractivity contribution in [2.75, 3.05) is 11.3 Å². The summed E-state index contributed by atoms with van der Waals surface area (Å²) >= 11 is 0. The highest BCUT2D eigenvalue weighted by Gasteiger charge is 2.35. The van der Waals surface area contributed by atoms with E-state index >= 15 is 0 Å². The number of hydrogen-bond acceptors (Lipinski definition) is 7. The molecule has 43 heavy (non-hydrogen) atoms.